The van der Waals surface area contributed by atoms with Crippen molar-refractivity contribution in [3.05, 3.63) is 52.0 Å². The summed E-state index contributed by atoms with van der Waals surface area (Å²) in [5.41, 5.74) is 6.69. The molecule has 21 heavy (non-hydrogen) atoms. The molecule has 0 spiro atoms. The van der Waals surface area contributed by atoms with Gasteiger partial charge in [-0.2, -0.15) is 0 Å². The number of hydrogen-bond donors (Lipinski definition) is 1. The number of nitrogens with two attached hydrogens (primary N) is 1. The molecule has 2 rings (SSSR count). The molecule has 2 N–H and O–H groups in total. The Morgan fingerprint density at radius 1 is 1.19 bits per heavy atom. The molecule has 2 aromatic rings. The Morgan fingerprint density at radius 2 is 1.95 bits per heavy atom. The summed E-state index contributed by atoms with van der Waals surface area (Å²) in [5.74, 6) is -0.396. The Morgan fingerprint density at radius 3 is 2.62 bits per heavy atom. The molecule has 110 valence electrons. The first kappa shape index (κ1) is 16.0. The van der Waals surface area contributed by atoms with Gasteiger partial charge in [-0.1, -0.05) is 35.0 Å². The normalized spacial score (nSPS) is 10.4. The van der Waals surface area contributed by atoms with E-state index in [1.807, 2.05) is 6.07 Å². The molecule has 0 saturated heterocycles. The number of esters is 1. The van der Waals surface area contributed by atoms with Crippen LogP contribution in [-0.4, -0.2) is 12.6 Å². The van der Waals surface area contributed by atoms with E-state index in [9.17, 15) is 4.79 Å². The van der Waals surface area contributed by atoms with Crippen LogP contribution >= 0.6 is 35.0 Å². The predicted molar refractivity (Wildman–Crippen MR) is 87.4 cm³/mol. The van der Waals surface area contributed by atoms with Crippen molar-refractivity contribution in [2.45, 2.75) is 16.7 Å². The van der Waals surface area contributed by atoms with Gasteiger partial charge >= 0.3 is 5.97 Å². The van der Waals surface area contributed by atoms with Crippen LogP contribution in [0.4, 0.5) is 5.69 Å². The molecule has 0 fully saturated rings. The topological polar surface area (TPSA) is 52.3 Å². The third-order valence-corrected chi connectivity index (χ3v) is 4.42. The van der Waals surface area contributed by atoms with Crippen molar-refractivity contribution in [1.29, 1.82) is 0 Å². The number of hydrogen-bond acceptors (Lipinski definition) is 4. The van der Waals surface area contributed by atoms with Gasteiger partial charge in [0.15, 0.2) is 0 Å². The third-order valence-electron chi connectivity index (χ3n) is 2.62. The van der Waals surface area contributed by atoms with Crippen LogP contribution in [0.25, 0.3) is 0 Å². The Hall–Kier alpha value is -1.36. The standard InChI is InChI=1S/C15H13Cl2NO2S/c1-2-20-15(19)11-7-9(18)3-6-14(11)21-10-4-5-12(16)13(17)8-10/h3-8H,2,18H2,1H3. The lowest BCUT2D eigenvalue weighted by Crippen LogP contribution is -2.06. The highest BCUT2D eigenvalue weighted by molar-refractivity contribution is 7.99. The summed E-state index contributed by atoms with van der Waals surface area (Å²) >= 11 is 13.3. The Balaban J connectivity index is 2.34. The fraction of sp³-hybridized carbons (Fsp3) is 0.133. The number of anilines is 1. The van der Waals surface area contributed by atoms with Crippen LogP contribution in [0.15, 0.2) is 46.2 Å². The Kier molecular flexibility index (Phi) is 5.39. The zero-order chi connectivity index (χ0) is 15.4. The van der Waals surface area contributed by atoms with E-state index >= 15 is 0 Å². The molecule has 0 aliphatic carbocycles. The van der Waals surface area contributed by atoms with Gasteiger partial charge in [0.1, 0.15) is 0 Å². The predicted octanol–water partition coefficient (Wildman–Crippen LogP) is 4.90. The van der Waals surface area contributed by atoms with E-state index in [0.717, 1.165) is 9.79 Å². The highest BCUT2D eigenvalue weighted by Gasteiger charge is 2.14. The van der Waals surface area contributed by atoms with E-state index < -0.39 is 5.97 Å². The molecule has 3 nitrogen and oxygen atoms in total. The second kappa shape index (κ2) is 7.07. The van der Waals surface area contributed by atoms with Crippen molar-refractivity contribution in [2.75, 3.05) is 12.3 Å². The number of carbonyl (C=O) groups is 1. The average Bonchev–Trinajstić information content (AvgIpc) is 2.45. The van der Waals surface area contributed by atoms with E-state index in [-0.39, 0.29) is 0 Å². The first-order valence-electron chi connectivity index (χ1n) is 6.20. The molecule has 0 aromatic heterocycles. The molecular formula is C15H13Cl2NO2S. The second-order valence-corrected chi connectivity index (χ2v) is 6.08. The van der Waals surface area contributed by atoms with Gasteiger partial charge < -0.3 is 10.5 Å². The van der Waals surface area contributed by atoms with Gasteiger partial charge in [-0.25, -0.2) is 4.79 Å². The van der Waals surface area contributed by atoms with Gasteiger partial charge in [0.05, 0.1) is 22.2 Å². The van der Waals surface area contributed by atoms with Crippen molar-refractivity contribution in [3.8, 4) is 0 Å². The Bertz CT molecular complexity index is 677. The summed E-state index contributed by atoms with van der Waals surface area (Å²) in [6, 6.07) is 10.4. The number of halogens is 2. The largest absolute Gasteiger partial charge is 0.462 e. The van der Waals surface area contributed by atoms with Crippen molar-refractivity contribution in [2.24, 2.45) is 0 Å². The van der Waals surface area contributed by atoms with Gasteiger partial charge in [0.25, 0.3) is 0 Å². The lowest BCUT2D eigenvalue weighted by atomic mass is 10.2. The van der Waals surface area contributed by atoms with Crippen LogP contribution in [0.1, 0.15) is 17.3 Å². The maximum atomic E-state index is 12.0. The third kappa shape index (κ3) is 4.06. The van der Waals surface area contributed by atoms with E-state index in [1.165, 1.54) is 11.8 Å². The molecular weight excluding hydrogens is 329 g/mol. The van der Waals surface area contributed by atoms with E-state index in [2.05, 4.69) is 0 Å². The first-order chi connectivity index (χ1) is 10.0. The molecule has 0 radical (unpaired) electrons. The number of ether oxygens (including phenoxy) is 1. The SMILES string of the molecule is CCOC(=O)c1cc(N)ccc1Sc1ccc(Cl)c(Cl)c1. The quantitative estimate of drug-likeness (QED) is 0.634. The van der Waals surface area contributed by atoms with Gasteiger partial charge in [-0.05, 0) is 43.3 Å². The highest BCUT2D eigenvalue weighted by Crippen LogP contribution is 2.35. The van der Waals surface area contributed by atoms with Crippen LogP contribution in [0.5, 0.6) is 0 Å². The molecule has 0 bridgehead atoms. The fourth-order valence-corrected chi connectivity index (χ4v) is 2.99. The number of rotatable bonds is 4. The molecule has 2 aromatic carbocycles. The average molecular weight is 342 g/mol. The summed E-state index contributed by atoms with van der Waals surface area (Å²) in [4.78, 5) is 13.6. The minimum absolute atomic E-state index is 0.310. The number of benzene rings is 2. The second-order valence-electron chi connectivity index (χ2n) is 4.15. The van der Waals surface area contributed by atoms with Gasteiger partial charge in [0, 0.05) is 15.5 Å². The lowest BCUT2D eigenvalue weighted by Gasteiger charge is -2.10. The van der Waals surface area contributed by atoms with Crippen LogP contribution < -0.4 is 5.73 Å². The summed E-state index contributed by atoms with van der Waals surface area (Å²) in [6.45, 7) is 2.07. The highest BCUT2D eigenvalue weighted by atomic mass is 35.5. The summed E-state index contributed by atoms with van der Waals surface area (Å²) in [6.07, 6.45) is 0. The van der Waals surface area contributed by atoms with Gasteiger partial charge in [0.2, 0.25) is 0 Å². The monoisotopic (exact) mass is 341 g/mol. The molecule has 0 saturated carbocycles. The molecule has 0 unspecified atom stereocenters. The lowest BCUT2D eigenvalue weighted by molar-refractivity contribution is 0.0522. The van der Waals surface area contributed by atoms with Gasteiger partial charge in [-0.15, -0.1) is 0 Å². The van der Waals surface area contributed by atoms with Crippen LogP contribution in [0.2, 0.25) is 10.0 Å². The Labute approximate surface area is 137 Å². The maximum absolute atomic E-state index is 12.0. The maximum Gasteiger partial charge on any atom is 0.339 e. The number of nitrogen functional groups attached to an aromatic ring is 1. The smallest absolute Gasteiger partial charge is 0.339 e. The van der Waals surface area contributed by atoms with Crippen molar-refractivity contribution < 1.29 is 9.53 Å². The molecule has 6 heteroatoms. The minimum Gasteiger partial charge on any atom is -0.462 e. The van der Waals surface area contributed by atoms with Crippen molar-refractivity contribution in [3.63, 3.8) is 0 Å². The zero-order valence-electron chi connectivity index (χ0n) is 11.2. The molecule has 0 amide bonds. The van der Waals surface area contributed by atoms with E-state index in [0.29, 0.717) is 27.9 Å². The fourth-order valence-electron chi connectivity index (χ4n) is 1.67. The first-order valence-corrected chi connectivity index (χ1v) is 7.78. The summed E-state index contributed by atoms with van der Waals surface area (Å²) in [7, 11) is 0. The molecule has 0 aliphatic rings. The molecule has 0 heterocycles. The van der Waals surface area contributed by atoms with E-state index in [4.69, 9.17) is 33.7 Å². The van der Waals surface area contributed by atoms with Crippen molar-refractivity contribution in [1.82, 2.24) is 0 Å². The minimum atomic E-state index is -0.396. The molecule has 0 atom stereocenters. The van der Waals surface area contributed by atoms with Crippen LogP contribution in [-0.2, 0) is 4.74 Å². The van der Waals surface area contributed by atoms with Crippen molar-refractivity contribution >= 4 is 46.6 Å². The summed E-state index contributed by atoms with van der Waals surface area (Å²) < 4.78 is 5.05. The van der Waals surface area contributed by atoms with Crippen LogP contribution in [0, 0.1) is 0 Å². The zero-order valence-corrected chi connectivity index (χ0v) is 13.6. The van der Waals surface area contributed by atoms with Gasteiger partial charge in [-0.3, -0.25) is 0 Å². The van der Waals surface area contributed by atoms with Crippen LogP contribution in [0.3, 0.4) is 0 Å². The summed E-state index contributed by atoms with van der Waals surface area (Å²) in [5, 5.41) is 0.957. The molecule has 0 aliphatic heterocycles. The van der Waals surface area contributed by atoms with E-state index in [1.54, 1.807) is 37.3 Å². The number of carbonyl (C=O) groups excluding carboxylic acids is 1.